The number of carbonyl (C=O) groups excluding carboxylic acids is 2. The lowest BCUT2D eigenvalue weighted by Gasteiger charge is -2.43. The normalized spacial score (nSPS) is 22.8. The SMILES string of the molecule is CC1NC(=O)C(C)(C)N(Cc2ccccc2)C1=O. The average Bonchev–Trinajstić information content (AvgIpc) is 2.34. The number of hydrogen-bond acceptors (Lipinski definition) is 2. The Morgan fingerprint density at radius 2 is 1.83 bits per heavy atom. The van der Waals surface area contributed by atoms with Crippen LogP contribution in [0.5, 0.6) is 0 Å². The van der Waals surface area contributed by atoms with E-state index >= 15 is 0 Å². The van der Waals surface area contributed by atoms with E-state index in [1.807, 2.05) is 30.3 Å². The summed E-state index contributed by atoms with van der Waals surface area (Å²) in [5.41, 5.74) is 0.222. The van der Waals surface area contributed by atoms with Gasteiger partial charge in [0, 0.05) is 6.54 Å². The molecule has 1 heterocycles. The lowest BCUT2D eigenvalue weighted by atomic mass is 9.95. The third kappa shape index (κ3) is 2.10. The van der Waals surface area contributed by atoms with E-state index in [9.17, 15) is 9.59 Å². The summed E-state index contributed by atoms with van der Waals surface area (Å²) >= 11 is 0. The highest BCUT2D eigenvalue weighted by Gasteiger charge is 2.44. The van der Waals surface area contributed by atoms with E-state index in [1.54, 1.807) is 25.7 Å². The Bertz CT molecular complexity index is 468. The van der Waals surface area contributed by atoms with E-state index in [4.69, 9.17) is 0 Å². The van der Waals surface area contributed by atoms with Gasteiger partial charge in [0.1, 0.15) is 11.6 Å². The Morgan fingerprint density at radius 3 is 2.44 bits per heavy atom. The number of amides is 2. The van der Waals surface area contributed by atoms with Crippen molar-refractivity contribution in [2.45, 2.75) is 38.9 Å². The zero-order valence-electron chi connectivity index (χ0n) is 10.9. The van der Waals surface area contributed by atoms with Gasteiger partial charge < -0.3 is 10.2 Å². The molecule has 1 atom stereocenters. The van der Waals surface area contributed by atoms with Crippen molar-refractivity contribution in [1.82, 2.24) is 10.2 Å². The second kappa shape index (κ2) is 4.44. The fourth-order valence-corrected chi connectivity index (χ4v) is 2.11. The van der Waals surface area contributed by atoms with Crippen molar-refractivity contribution in [2.75, 3.05) is 0 Å². The fraction of sp³-hybridized carbons (Fsp3) is 0.429. The predicted molar refractivity (Wildman–Crippen MR) is 68.7 cm³/mol. The number of carbonyl (C=O) groups is 2. The number of rotatable bonds is 2. The summed E-state index contributed by atoms with van der Waals surface area (Å²) in [6, 6.07) is 9.26. The quantitative estimate of drug-likeness (QED) is 0.855. The molecule has 1 unspecified atom stereocenters. The summed E-state index contributed by atoms with van der Waals surface area (Å²) in [6.45, 7) is 5.72. The standard InChI is InChI=1S/C14H18N2O2/c1-10-12(17)16(14(2,3)13(18)15-10)9-11-7-5-4-6-8-11/h4-8,10H,9H2,1-3H3,(H,15,18). The molecule has 1 saturated heterocycles. The van der Waals surface area contributed by atoms with E-state index < -0.39 is 11.6 Å². The largest absolute Gasteiger partial charge is 0.343 e. The molecular weight excluding hydrogens is 228 g/mol. The van der Waals surface area contributed by atoms with Crippen molar-refractivity contribution < 1.29 is 9.59 Å². The molecule has 0 bridgehead atoms. The van der Waals surface area contributed by atoms with Crippen LogP contribution in [0, 0.1) is 0 Å². The topological polar surface area (TPSA) is 49.4 Å². The Hall–Kier alpha value is -1.84. The van der Waals surface area contributed by atoms with Crippen LogP contribution in [0.1, 0.15) is 26.3 Å². The van der Waals surface area contributed by atoms with Crippen molar-refractivity contribution in [1.29, 1.82) is 0 Å². The van der Waals surface area contributed by atoms with Gasteiger partial charge in [-0.2, -0.15) is 0 Å². The summed E-state index contributed by atoms with van der Waals surface area (Å²) < 4.78 is 0. The van der Waals surface area contributed by atoms with Crippen LogP contribution in [-0.2, 0) is 16.1 Å². The van der Waals surface area contributed by atoms with E-state index in [-0.39, 0.29) is 11.8 Å². The molecule has 1 fully saturated rings. The molecule has 0 radical (unpaired) electrons. The van der Waals surface area contributed by atoms with Crippen molar-refractivity contribution in [3.8, 4) is 0 Å². The maximum absolute atomic E-state index is 12.2. The van der Waals surface area contributed by atoms with Crippen LogP contribution < -0.4 is 5.32 Å². The van der Waals surface area contributed by atoms with Crippen LogP contribution in [0.3, 0.4) is 0 Å². The minimum atomic E-state index is -0.806. The molecule has 4 nitrogen and oxygen atoms in total. The van der Waals surface area contributed by atoms with Gasteiger partial charge >= 0.3 is 0 Å². The maximum atomic E-state index is 12.2. The molecule has 1 aliphatic rings. The van der Waals surface area contributed by atoms with Gasteiger partial charge in [-0.15, -0.1) is 0 Å². The molecule has 1 N–H and O–H groups in total. The van der Waals surface area contributed by atoms with Crippen LogP contribution in [0.4, 0.5) is 0 Å². The van der Waals surface area contributed by atoms with E-state index in [0.717, 1.165) is 5.56 Å². The summed E-state index contributed by atoms with van der Waals surface area (Å²) in [4.78, 5) is 25.8. The molecule has 4 heteroatoms. The molecule has 1 aromatic carbocycles. The van der Waals surface area contributed by atoms with Crippen LogP contribution in [0.25, 0.3) is 0 Å². The van der Waals surface area contributed by atoms with Gasteiger partial charge in [0.2, 0.25) is 11.8 Å². The zero-order chi connectivity index (χ0) is 13.3. The minimum absolute atomic E-state index is 0.0385. The molecule has 18 heavy (non-hydrogen) atoms. The molecule has 0 spiro atoms. The molecule has 1 aromatic rings. The Balaban J connectivity index is 2.28. The fourth-order valence-electron chi connectivity index (χ4n) is 2.11. The van der Waals surface area contributed by atoms with Crippen LogP contribution >= 0.6 is 0 Å². The van der Waals surface area contributed by atoms with Gasteiger partial charge in [-0.25, -0.2) is 0 Å². The summed E-state index contributed by atoms with van der Waals surface area (Å²) in [6.07, 6.45) is 0. The summed E-state index contributed by atoms with van der Waals surface area (Å²) in [5.74, 6) is -0.144. The molecule has 2 rings (SSSR count). The third-order valence-electron chi connectivity index (χ3n) is 3.40. The molecule has 1 aliphatic heterocycles. The molecule has 0 aromatic heterocycles. The lowest BCUT2D eigenvalue weighted by molar-refractivity contribution is -0.155. The molecular formula is C14H18N2O2. The van der Waals surface area contributed by atoms with Crippen molar-refractivity contribution in [3.63, 3.8) is 0 Å². The molecule has 2 amide bonds. The van der Waals surface area contributed by atoms with Crippen LogP contribution in [-0.4, -0.2) is 28.3 Å². The van der Waals surface area contributed by atoms with Gasteiger partial charge in [-0.05, 0) is 26.3 Å². The van der Waals surface area contributed by atoms with Crippen LogP contribution in [0.2, 0.25) is 0 Å². The van der Waals surface area contributed by atoms with Crippen molar-refractivity contribution in [3.05, 3.63) is 35.9 Å². The van der Waals surface area contributed by atoms with Gasteiger partial charge in [-0.1, -0.05) is 30.3 Å². The predicted octanol–water partition coefficient (Wildman–Crippen LogP) is 1.31. The Labute approximate surface area is 107 Å². The second-order valence-electron chi connectivity index (χ2n) is 5.16. The Kier molecular flexibility index (Phi) is 3.11. The molecule has 0 saturated carbocycles. The van der Waals surface area contributed by atoms with Gasteiger partial charge in [0.15, 0.2) is 0 Å². The highest BCUT2D eigenvalue weighted by atomic mass is 16.2. The first kappa shape index (κ1) is 12.6. The van der Waals surface area contributed by atoms with Crippen molar-refractivity contribution in [2.24, 2.45) is 0 Å². The smallest absolute Gasteiger partial charge is 0.246 e. The van der Waals surface area contributed by atoms with Crippen molar-refractivity contribution >= 4 is 11.8 Å². The number of nitrogens with one attached hydrogen (secondary N) is 1. The number of benzene rings is 1. The van der Waals surface area contributed by atoms with Gasteiger partial charge in [0.05, 0.1) is 0 Å². The first-order valence-corrected chi connectivity index (χ1v) is 6.09. The molecule has 96 valence electrons. The van der Waals surface area contributed by atoms with E-state index in [1.165, 1.54) is 0 Å². The number of hydrogen-bond donors (Lipinski definition) is 1. The van der Waals surface area contributed by atoms with Gasteiger partial charge in [-0.3, -0.25) is 9.59 Å². The minimum Gasteiger partial charge on any atom is -0.343 e. The van der Waals surface area contributed by atoms with E-state index in [0.29, 0.717) is 6.54 Å². The average molecular weight is 246 g/mol. The summed E-state index contributed by atoms with van der Waals surface area (Å²) in [5, 5.41) is 2.70. The second-order valence-corrected chi connectivity index (χ2v) is 5.16. The first-order chi connectivity index (χ1) is 8.43. The highest BCUT2D eigenvalue weighted by molar-refractivity contribution is 5.99. The maximum Gasteiger partial charge on any atom is 0.246 e. The van der Waals surface area contributed by atoms with Gasteiger partial charge in [0.25, 0.3) is 0 Å². The molecule has 0 aliphatic carbocycles. The van der Waals surface area contributed by atoms with Crippen LogP contribution in [0.15, 0.2) is 30.3 Å². The lowest BCUT2D eigenvalue weighted by Crippen LogP contribution is -2.67. The monoisotopic (exact) mass is 246 g/mol. The van der Waals surface area contributed by atoms with E-state index in [2.05, 4.69) is 5.32 Å². The number of piperazine rings is 1. The Morgan fingerprint density at radius 1 is 1.22 bits per heavy atom. The third-order valence-corrected chi connectivity index (χ3v) is 3.40. The highest BCUT2D eigenvalue weighted by Crippen LogP contribution is 2.23. The zero-order valence-corrected chi connectivity index (χ0v) is 10.9. The first-order valence-electron chi connectivity index (χ1n) is 6.09. The number of nitrogens with zero attached hydrogens (tertiary/aromatic N) is 1. The summed E-state index contributed by atoms with van der Waals surface area (Å²) in [7, 11) is 0.